The minimum Gasteiger partial charge on any atom is -0.375 e. The van der Waals surface area contributed by atoms with Crippen molar-refractivity contribution in [2.24, 2.45) is 0 Å². The molecular weight excluding hydrogens is 265 g/mol. The molecule has 1 saturated heterocycles. The van der Waals surface area contributed by atoms with Crippen molar-refractivity contribution in [2.75, 3.05) is 20.3 Å². The molecule has 8 heteroatoms. The van der Waals surface area contributed by atoms with E-state index in [1.54, 1.807) is 0 Å². The Labute approximate surface area is 109 Å². The summed E-state index contributed by atoms with van der Waals surface area (Å²) in [5.41, 5.74) is 0. The molecule has 1 rings (SSSR count). The van der Waals surface area contributed by atoms with Gasteiger partial charge < -0.3 is 15.0 Å². The van der Waals surface area contributed by atoms with E-state index in [-0.39, 0.29) is 25.3 Å². The van der Waals surface area contributed by atoms with E-state index >= 15 is 0 Å². The van der Waals surface area contributed by atoms with Gasteiger partial charge in [0.25, 0.3) is 0 Å². The number of amides is 2. The third kappa shape index (κ3) is 4.38. The Bertz CT molecular complexity index is 347. The number of likely N-dealkylation sites (tertiary alicyclic amines) is 1. The zero-order valence-electron chi connectivity index (χ0n) is 10.8. The number of hydrogen-bond acceptors (Lipinski definition) is 3. The summed E-state index contributed by atoms with van der Waals surface area (Å²) >= 11 is 0. The lowest BCUT2D eigenvalue weighted by molar-refractivity contribution is -0.198. The number of halogens is 3. The number of ether oxygens (including phenoxy) is 1. The van der Waals surface area contributed by atoms with Crippen LogP contribution in [0.3, 0.4) is 0 Å². The van der Waals surface area contributed by atoms with Crippen molar-refractivity contribution >= 4 is 11.8 Å². The van der Waals surface area contributed by atoms with E-state index in [4.69, 9.17) is 0 Å². The summed E-state index contributed by atoms with van der Waals surface area (Å²) in [5, 5.41) is 2.54. The molecule has 0 aromatic rings. The molecule has 1 N–H and O–H groups in total. The van der Waals surface area contributed by atoms with E-state index in [2.05, 4.69) is 10.1 Å². The van der Waals surface area contributed by atoms with Crippen molar-refractivity contribution in [3.05, 3.63) is 0 Å². The Hall–Kier alpha value is -1.31. The van der Waals surface area contributed by atoms with Crippen molar-refractivity contribution in [3.63, 3.8) is 0 Å². The molecule has 0 bridgehead atoms. The van der Waals surface area contributed by atoms with Gasteiger partial charge in [-0.25, -0.2) is 0 Å². The molecule has 0 saturated carbocycles. The van der Waals surface area contributed by atoms with E-state index in [9.17, 15) is 22.8 Å². The SMILES string of the molecule is COCC(=O)N1C[C@@H](NC(C)=O)CC[C@@H]1C(F)(F)F. The monoisotopic (exact) mass is 282 g/mol. The standard InChI is InChI=1S/C11H17F3N2O3/c1-7(17)15-8-3-4-9(11(12,13)14)16(5-8)10(18)6-19-2/h8-9H,3-6H2,1-2H3,(H,15,17)/t8-,9+/m0/s1. The Balaban J connectivity index is 2.80. The molecule has 0 unspecified atom stereocenters. The third-order valence-corrected chi connectivity index (χ3v) is 2.96. The molecule has 0 aromatic heterocycles. The van der Waals surface area contributed by atoms with Crippen molar-refractivity contribution in [3.8, 4) is 0 Å². The van der Waals surface area contributed by atoms with Gasteiger partial charge in [0.1, 0.15) is 12.6 Å². The van der Waals surface area contributed by atoms with Crippen LogP contribution >= 0.6 is 0 Å². The number of methoxy groups -OCH3 is 1. The molecule has 1 aliphatic rings. The summed E-state index contributed by atoms with van der Waals surface area (Å²) in [5.74, 6) is -1.05. The van der Waals surface area contributed by atoms with Gasteiger partial charge in [-0.1, -0.05) is 0 Å². The third-order valence-electron chi connectivity index (χ3n) is 2.96. The topological polar surface area (TPSA) is 58.6 Å². The number of nitrogens with zero attached hydrogens (tertiary/aromatic N) is 1. The molecular formula is C11H17F3N2O3. The number of alkyl halides is 3. The van der Waals surface area contributed by atoms with Crippen LogP contribution in [0.2, 0.25) is 0 Å². The summed E-state index contributed by atoms with van der Waals surface area (Å²) in [6.45, 7) is 0.739. The molecule has 5 nitrogen and oxygen atoms in total. The second-order valence-electron chi connectivity index (χ2n) is 4.51. The molecule has 2 amide bonds. The molecule has 110 valence electrons. The van der Waals surface area contributed by atoms with Crippen LogP contribution in [0.5, 0.6) is 0 Å². The van der Waals surface area contributed by atoms with Crippen LogP contribution in [0, 0.1) is 0 Å². The Morgan fingerprint density at radius 2 is 2.00 bits per heavy atom. The highest BCUT2D eigenvalue weighted by molar-refractivity contribution is 5.78. The van der Waals surface area contributed by atoms with Crippen LogP contribution in [0.4, 0.5) is 13.2 Å². The Morgan fingerprint density at radius 3 is 2.47 bits per heavy atom. The lowest BCUT2D eigenvalue weighted by atomic mass is 9.97. The van der Waals surface area contributed by atoms with Gasteiger partial charge in [-0.05, 0) is 12.8 Å². The zero-order valence-corrected chi connectivity index (χ0v) is 10.8. The highest BCUT2D eigenvalue weighted by atomic mass is 19.4. The molecule has 1 heterocycles. The molecule has 2 atom stereocenters. The highest BCUT2D eigenvalue weighted by Gasteiger charge is 2.47. The van der Waals surface area contributed by atoms with Crippen LogP contribution in [0.25, 0.3) is 0 Å². The summed E-state index contributed by atoms with van der Waals surface area (Å²) < 4.78 is 43.2. The van der Waals surface area contributed by atoms with Crippen LogP contribution in [-0.2, 0) is 14.3 Å². The summed E-state index contributed by atoms with van der Waals surface area (Å²) in [7, 11) is 1.25. The van der Waals surface area contributed by atoms with Crippen molar-refractivity contribution in [1.29, 1.82) is 0 Å². The van der Waals surface area contributed by atoms with Gasteiger partial charge in [0.15, 0.2) is 0 Å². The van der Waals surface area contributed by atoms with Gasteiger partial charge >= 0.3 is 6.18 Å². The van der Waals surface area contributed by atoms with Crippen molar-refractivity contribution in [1.82, 2.24) is 10.2 Å². The fraction of sp³-hybridized carbons (Fsp3) is 0.818. The van der Waals surface area contributed by atoms with Crippen LogP contribution in [0.15, 0.2) is 0 Å². The molecule has 19 heavy (non-hydrogen) atoms. The van der Waals surface area contributed by atoms with Gasteiger partial charge in [0.2, 0.25) is 11.8 Å². The van der Waals surface area contributed by atoms with E-state index in [0.29, 0.717) is 0 Å². The Kier molecular flexibility index (Phi) is 5.16. The Morgan fingerprint density at radius 1 is 1.37 bits per heavy atom. The minimum absolute atomic E-state index is 0.147. The molecule has 0 aromatic carbocycles. The van der Waals surface area contributed by atoms with Gasteiger partial charge in [-0.15, -0.1) is 0 Å². The maximum atomic E-state index is 12.9. The highest BCUT2D eigenvalue weighted by Crippen LogP contribution is 2.32. The first-order valence-electron chi connectivity index (χ1n) is 5.88. The first-order valence-corrected chi connectivity index (χ1v) is 5.88. The number of hydrogen-bond donors (Lipinski definition) is 1. The second-order valence-corrected chi connectivity index (χ2v) is 4.51. The predicted molar refractivity (Wildman–Crippen MR) is 60.3 cm³/mol. The largest absolute Gasteiger partial charge is 0.408 e. The number of carbonyl (C=O) groups excluding carboxylic acids is 2. The zero-order chi connectivity index (χ0) is 14.6. The minimum atomic E-state index is -4.47. The van der Waals surface area contributed by atoms with Gasteiger partial charge in [0, 0.05) is 26.6 Å². The van der Waals surface area contributed by atoms with Gasteiger partial charge in [-0.2, -0.15) is 13.2 Å². The first-order chi connectivity index (χ1) is 8.75. The van der Waals surface area contributed by atoms with E-state index in [1.165, 1.54) is 14.0 Å². The molecule has 0 aliphatic carbocycles. The molecule has 1 fully saturated rings. The van der Waals surface area contributed by atoms with E-state index < -0.39 is 30.8 Å². The summed E-state index contributed by atoms with van der Waals surface area (Å²) in [4.78, 5) is 23.3. The second kappa shape index (κ2) is 6.23. The first kappa shape index (κ1) is 15.7. The fourth-order valence-corrected chi connectivity index (χ4v) is 2.20. The maximum absolute atomic E-state index is 12.9. The molecule has 1 aliphatic heterocycles. The number of nitrogens with one attached hydrogen (secondary N) is 1. The predicted octanol–water partition coefficient (Wildman–Crippen LogP) is 0.691. The average molecular weight is 282 g/mol. The lowest BCUT2D eigenvalue weighted by Crippen LogP contribution is -2.58. The smallest absolute Gasteiger partial charge is 0.375 e. The fourth-order valence-electron chi connectivity index (χ4n) is 2.20. The van der Waals surface area contributed by atoms with Crippen LogP contribution in [-0.4, -0.2) is 55.2 Å². The van der Waals surface area contributed by atoms with Crippen molar-refractivity contribution in [2.45, 2.75) is 38.0 Å². The normalized spacial score (nSPS) is 24.2. The molecule has 0 radical (unpaired) electrons. The number of rotatable bonds is 3. The van der Waals surface area contributed by atoms with Crippen LogP contribution in [0.1, 0.15) is 19.8 Å². The molecule has 0 spiro atoms. The summed E-state index contributed by atoms with van der Waals surface area (Å²) in [6.07, 6.45) is -4.49. The van der Waals surface area contributed by atoms with Gasteiger partial charge in [0.05, 0.1) is 0 Å². The van der Waals surface area contributed by atoms with Crippen LogP contribution < -0.4 is 5.32 Å². The maximum Gasteiger partial charge on any atom is 0.408 e. The number of piperidine rings is 1. The quantitative estimate of drug-likeness (QED) is 0.828. The lowest BCUT2D eigenvalue weighted by Gasteiger charge is -2.40. The average Bonchev–Trinajstić information content (AvgIpc) is 2.26. The van der Waals surface area contributed by atoms with Gasteiger partial charge in [-0.3, -0.25) is 9.59 Å². The summed E-state index contributed by atoms with van der Waals surface area (Å²) in [6, 6.07) is -2.25. The van der Waals surface area contributed by atoms with E-state index in [0.717, 1.165) is 4.90 Å². The van der Waals surface area contributed by atoms with E-state index in [1.807, 2.05) is 0 Å². The van der Waals surface area contributed by atoms with Crippen molar-refractivity contribution < 1.29 is 27.5 Å². The number of carbonyl (C=O) groups is 2.